The summed E-state index contributed by atoms with van der Waals surface area (Å²) in [5.74, 6) is -0.556. The van der Waals surface area contributed by atoms with Crippen molar-refractivity contribution in [2.75, 3.05) is 26.3 Å². The molecule has 2 fully saturated rings. The average molecular weight is 251 g/mol. The third kappa shape index (κ3) is 2.28. The van der Waals surface area contributed by atoms with Gasteiger partial charge >= 0.3 is 0 Å². The molecule has 0 amide bonds. The Hall–Kier alpha value is -0.970. The number of halogens is 1. The first-order chi connectivity index (χ1) is 8.67. The molecule has 0 N–H and O–H groups in total. The molecule has 0 bridgehead atoms. The van der Waals surface area contributed by atoms with Gasteiger partial charge in [-0.05, 0) is 30.2 Å². The van der Waals surface area contributed by atoms with Crippen LogP contribution in [0.1, 0.15) is 17.5 Å². The van der Waals surface area contributed by atoms with Crippen molar-refractivity contribution in [3.05, 3.63) is 35.1 Å². The quantitative estimate of drug-likeness (QED) is 0.803. The number of hydrogen-bond acceptors (Lipinski definition) is 3. The highest BCUT2D eigenvalue weighted by Gasteiger charge is 2.43. The van der Waals surface area contributed by atoms with Gasteiger partial charge in [-0.25, -0.2) is 4.39 Å². The third-order valence-corrected chi connectivity index (χ3v) is 3.79. The molecule has 3 rings (SSSR count). The van der Waals surface area contributed by atoms with Crippen molar-refractivity contribution >= 4 is 0 Å². The highest BCUT2D eigenvalue weighted by molar-refractivity contribution is 5.26. The topological polar surface area (TPSA) is 21.7 Å². The van der Waals surface area contributed by atoms with Gasteiger partial charge in [0.2, 0.25) is 0 Å². The Morgan fingerprint density at radius 2 is 2.11 bits per heavy atom. The maximum atomic E-state index is 13.2. The predicted molar refractivity (Wildman–Crippen MR) is 65.7 cm³/mol. The van der Waals surface area contributed by atoms with Gasteiger partial charge in [0.15, 0.2) is 5.79 Å². The minimum atomic E-state index is -0.388. The van der Waals surface area contributed by atoms with E-state index in [9.17, 15) is 4.39 Å². The van der Waals surface area contributed by atoms with Crippen molar-refractivity contribution in [1.29, 1.82) is 0 Å². The van der Waals surface area contributed by atoms with Crippen LogP contribution in [0.25, 0.3) is 0 Å². The fourth-order valence-electron chi connectivity index (χ4n) is 2.75. The van der Waals surface area contributed by atoms with E-state index in [1.165, 1.54) is 6.07 Å². The van der Waals surface area contributed by atoms with Crippen LogP contribution in [0.5, 0.6) is 0 Å². The van der Waals surface area contributed by atoms with Crippen LogP contribution in [-0.4, -0.2) is 37.0 Å². The molecule has 1 aromatic carbocycles. The van der Waals surface area contributed by atoms with E-state index in [1.807, 2.05) is 13.0 Å². The normalized spacial score (nSPS) is 23.0. The van der Waals surface area contributed by atoms with Crippen LogP contribution >= 0.6 is 0 Å². The lowest BCUT2D eigenvalue weighted by Gasteiger charge is -2.22. The van der Waals surface area contributed by atoms with Crippen molar-refractivity contribution < 1.29 is 13.9 Å². The Bertz CT molecular complexity index is 443. The number of ether oxygens (including phenoxy) is 2. The highest BCUT2D eigenvalue weighted by atomic mass is 19.1. The number of nitrogens with zero attached hydrogens (tertiary/aromatic N) is 1. The molecule has 3 nitrogen and oxygen atoms in total. The summed E-state index contributed by atoms with van der Waals surface area (Å²) in [6.07, 6.45) is 0.904. The molecular formula is C14H18FNO2. The molecule has 1 spiro atoms. The Morgan fingerprint density at radius 1 is 1.33 bits per heavy atom. The maximum Gasteiger partial charge on any atom is 0.182 e. The second-order valence-corrected chi connectivity index (χ2v) is 5.14. The molecule has 0 unspecified atom stereocenters. The first-order valence-electron chi connectivity index (χ1n) is 6.42. The number of rotatable bonds is 2. The standard InChI is InChI=1S/C14H18FNO2/c1-11-2-3-13(15)8-12(11)9-16-5-4-14(10-16)17-6-7-18-14/h2-3,8H,4-7,9-10H2,1H3. The van der Waals surface area contributed by atoms with E-state index in [0.29, 0.717) is 13.2 Å². The lowest BCUT2D eigenvalue weighted by atomic mass is 10.1. The Labute approximate surface area is 106 Å². The van der Waals surface area contributed by atoms with Gasteiger partial charge in [-0.15, -0.1) is 0 Å². The molecule has 2 saturated heterocycles. The van der Waals surface area contributed by atoms with Crippen LogP contribution in [0.4, 0.5) is 4.39 Å². The van der Waals surface area contributed by atoms with Gasteiger partial charge in [-0.1, -0.05) is 6.07 Å². The smallest absolute Gasteiger partial charge is 0.182 e. The summed E-state index contributed by atoms with van der Waals surface area (Å²) in [6.45, 7) is 5.87. The Kier molecular flexibility index (Phi) is 3.09. The van der Waals surface area contributed by atoms with Crippen LogP contribution < -0.4 is 0 Å². The SMILES string of the molecule is Cc1ccc(F)cc1CN1CCC2(C1)OCCO2. The average Bonchev–Trinajstić information content (AvgIpc) is 2.95. The summed E-state index contributed by atoms with van der Waals surface area (Å²) >= 11 is 0. The second kappa shape index (κ2) is 4.61. The first kappa shape index (κ1) is 12.1. The summed E-state index contributed by atoms with van der Waals surface area (Å²) in [5, 5.41) is 0. The molecule has 4 heteroatoms. The van der Waals surface area contributed by atoms with Crippen molar-refractivity contribution in [2.24, 2.45) is 0 Å². The lowest BCUT2D eigenvalue weighted by Crippen LogP contribution is -2.34. The first-order valence-corrected chi connectivity index (χ1v) is 6.42. The monoisotopic (exact) mass is 251 g/mol. The van der Waals surface area contributed by atoms with Gasteiger partial charge in [-0.3, -0.25) is 4.90 Å². The molecule has 2 aliphatic rings. The van der Waals surface area contributed by atoms with Crippen LogP contribution in [0.3, 0.4) is 0 Å². The molecule has 0 atom stereocenters. The van der Waals surface area contributed by atoms with E-state index in [4.69, 9.17) is 9.47 Å². The van der Waals surface area contributed by atoms with E-state index < -0.39 is 0 Å². The molecule has 0 aliphatic carbocycles. The minimum Gasteiger partial charge on any atom is -0.346 e. The molecule has 2 aliphatic heterocycles. The van der Waals surface area contributed by atoms with Crippen molar-refractivity contribution in [2.45, 2.75) is 25.7 Å². The van der Waals surface area contributed by atoms with E-state index in [-0.39, 0.29) is 11.6 Å². The van der Waals surface area contributed by atoms with Crippen molar-refractivity contribution in [3.8, 4) is 0 Å². The number of likely N-dealkylation sites (tertiary alicyclic amines) is 1. The fraction of sp³-hybridized carbons (Fsp3) is 0.571. The highest BCUT2D eigenvalue weighted by Crippen LogP contribution is 2.31. The van der Waals surface area contributed by atoms with Crippen LogP contribution in [0.15, 0.2) is 18.2 Å². The zero-order valence-electron chi connectivity index (χ0n) is 10.6. The number of benzene rings is 1. The lowest BCUT2D eigenvalue weighted by molar-refractivity contribution is -0.145. The summed E-state index contributed by atoms with van der Waals surface area (Å²) in [6, 6.07) is 4.96. The zero-order chi connectivity index (χ0) is 12.6. The van der Waals surface area contributed by atoms with Gasteiger partial charge < -0.3 is 9.47 Å². The molecule has 18 heavy (non-hydrogen) atoms. The predicted octanol–water partition coefficient (Wildman–Crippen LogP) is 2.08. The summed E-state index contributed by atoms with van der Waals surface area (Å²) in [5.41, 5.74) is 2.18. The Morgan fingerprint density at radius 3 is 2.89 bits per heavy atom. The molecule has 98 valence electrons. The van der Waals surface area contributed by atoms with Crippen LogP contribution in [0.2, 0.25) is 0 Å². The fourth-order valence-corrected chi connectivity index (χ4v) is 2.75. The molecule has 0 aromatic heterocycles. The van der Waals surface area contributed by atoms with Gasteiger partial charge in [-0.2, -0.15) is 0 Å². The molecule has 1 aromatic rings. The zero-order valence-corrected chi connectivity index (χ0v) is 10.6. The van der Waals surface area contributed by atoms with Gasteiger partial charge in [0, 0.05) is 19.5 Å². The molecule has 0 radical (unpaired) electrons. The van der Waals surface area contributed by atoms with E-state index in [0.717, 1.165) is 37.2 Å². The van der Waals surface area contributed by atoms with Crippen molar-refractivity contribution in [1.82, 2.24) is 4.90 Å². The third-order valence-electron chi connectivity index (χ3n) is 3.79. The summed E-state index contributed by atoms with van der Waals surface area (Å²) in [4.78, 5) is 2.27. The van der Waals surface area contributed by atoms with E-state index in [1.54, 1.807) is 6.07 Å². The van der Waals surface area contributed by atoms with Gasteiger partial charge in [0.05, 0.1) is 19.8 Å². The summed E-state index contributed by atoms with van der Waals surface area (Å²) in [7, 11) is 0. The number of aryl methyl sites for hydroxylation is 1. The molecule has 0 saturated carbocycles. The van der Waals surface area contributed by atoms with Crippen molar-refractivity contribution in [3.63, 3.8) is 0 Å². The number of hydrogen-bond donors (Lipinski definition) is 0. The van der Waals surface area contributed by atoms with Crippen LogP contribution in [-0.2, 0) is 16.0 Å². The van der Waals surface area contributed by atoms with Crippen LogP contribution in [0, 0.1) is 12.7 Å². The minimum absolute atomic E-state index is 0.169. The summed E-state index contributed by atoms with van der Waals surface area (Å²) < 4.78 is 24.6. The molecular weight excluding hydrogens is 233 g/mol. The van der Waals surface area contributed by atoms with Gasteiger partial charge in [0.1, 0.15) is 5.82 Å². The molecule has 2 heterocycles. The maximum absolute atomic E-state index is 13.2. The Balaban J connectivity index is 1.69. The van der Waals surface area contributed by atoms with Gasteiger partial charge in [0.25, 0.3) is 0 Å². The largest absolute Gasteiger partial charge is 0.346 e. The second-order valence-electron chi connectivity index (χ2n) is 5.14. The van der Waals surface area contributed by atoms with E-state index >= 15 is 0 Å². The van der Waals surface area contributed by atoms with E-state index in [2.05, 4.69) is 4.90 Å².